The lowest BCUT2D eigenvalue weighted by molar-refractivity contribution is 0.189. The summed E-state index contributed by atoms with van der Waals surface area (Å²) in [5.74, 6) is 0.331. The van der Waals surface area contributed by atoms with Crippen LogP contribution < -0.4 is 10.3 Å². The van der Waals surface area contributed by atoms with Gasteiger partial charge in [0.25, 0.3) is 5.56 Å². The van der Waals surface area contributed by atoms with Gasteiger partial charge in [-0.25, -0.2) is 9.37 Å². The average molecular weight is 423 g/mol. The first kappa shape index (κ1) is 20.8. The second-order valence-corrected chi connectivity index (χ2v) is 8.30. The Morgan fingerprint density at radius 1 is 1.29 bits per heavy atom. The van der Waals surface area contributed by atoms with Crippen molar-refractivity contribution in [3.63, 3.8) is 0 Å². The first-order valence-electron chi connectivity index (χ1n) is 9.04. The summed E-state index contributed by atoms with van der Waals surface area (Å²) in [5.41, 5.74) is 0.780. The maximum atomic E-state index is 14.0. The first-order chi connectivity index (χ1) is 13.6. The molecule has 0 saturated carbocycles. The molecule has 0 fully saturated rings. The summed E-state index contributed by atoms with van der Waals surface area (Å²) in [7, 11) is 3.08. The van der Waals surface area contributed by atoms with Crippen molar-refractivity contribution in [2.45, 2.75) is 37.2 Å². The first-order valence-corrected chi connectivity index (χ1v) is 10.8. The minimum absolute atomic E-state index is 0.0273. The molecule has 150 valence electrons. The van der Waals surface area contributed by atoms with Gasteiger partial charge in [0, 0.05) is 30.9 Å². The van der Waals surface area contributed by atoms with Gasteiger partial charge in [0.15, 0.2) is 16.7 Å². The smallest absolute Gasteiger partial charge is 0.262 e. The maximum absolute atomic E-state index is 14.0. The fourth-order valence-electron chi connectivity index (χ4n) is 2.84. The van der Waals surface area contributed by atoms with Crippen LogP contribution in [0.25, 0.3) is 10.2 Å². The SMILES string of the molecule is CCc1cc2c(=O)n(CCCOC)c(SCc3ccc(OC)c(F)c3)nc2s1. The Bertz CT molecular complexity index is 1020. The van der Waals surface area contributed by atoms with E-state index in [1.807, 2.05) is 12.1 Å². The fraction of sp³-hybridized carbons (Fsp3) is 0.400. The van der Waals surface area contributed by atoms with Crippen LogP contribution in [0.1, 0.15) is 23.8 Å². The summed E-state index contributed by atoms with van der Waals surface area (Å²) in [5, 5.41) is 1.31. The molecule has 1 aromatic carbocycles. The Balaban J connectivity index is 1.91. The van der Waals surface area contributed by atoms with E-state index in [0.29, 0.717) is 29.4 Å². The number of methoxy groups -OCH3 is 2. The molecule has 0 radical (unpaired) electrons. The van der Waals surface area contributed by atoms with Crippen LogP contribution in [-0.4, -0.2) is 30.4 Å². The van der Waals surface area contributed by atoms with E-state index in [1.165, 1.54) is 24.9 Å². The van der Waals surface area contributed by atoms with E-state index in [4.69, 9.17) is 14.5 Å². The lowest BCUT2D eigenvalue weighted by atomic mass is 10.2. The number of ether oxygens (including phenoxy) is 2. The zero-order valence-electron chi connectivity index (χ0n) is 16.2. The van der Waals surface area contributed by atoms with Gasteiger partial charge in [0.1, 0.15) is 4.83 Å². The molecule has 3 rings (SSSR count). The van der Waals surface area contributed by atoms with Crippen LogP contribution in [0.2, 0.25) is 0 Å². The van der Waals surface area contributed by atoms with Crippen LogP contribution in [0.3, 0.4) is 0 Å². The number of thiophene rings is 1. The van der Waals surface area contributed by atoms with Gasteiger partial charge in [-0.3, -0.25) is 9.36 Å². The highest BCUT2D eigenvalue weighted by atomic mass is 32.2. The number of fused-ring (bicyclic) bond motifs is 1. The summed E-state index contributed by atoms with van der Waals surface area (Å²) in [6.07, 6.45) is 1.59. The standard InChI is InChI=1S/C20H23FN2O3S2/c1-4-14-11-15-18(28-14)22-20(23(19(15)24)8-5-9-25-2)27-12-13-6-7-17(26-3)16(21)10-13/h6-7,10-11H,4-5,8-9,12H2,1-3H3. The van der Waals surface area contributed by atoms with Crippen molar-refractivity contribution in [1.82, 2.24) is 9.55 Å². The van der Waals surface area contributed by atoms with Gasteiger partial charge in [-0.2, -0.15) is 0 Å². The Labute approximate surface area is 171 Å². The summed E-state index contributed by atoms with van der Waals surface area (Å²) < 4.78 is 25.8. The molecule has 0 spiro atoms. The number of rotatable bonds is 9. The van der Waals surface area contributed by atoms with Crippen LogP contribution in [0, 0.1) is 5.82 Å². The monoisotopic (exact) mass is 422 g/mol. The molecule has 8 heteroatoms. The van der Waals surface area contributed by atoms with Crippen LogP contribution in [0.4, 0.5) is 4.39 Å². The van der Waals surface area contributed by atoms with Gasteiger partial charge in [-0.15, -0.1) is 11.3 Å². The molecule has 28 heavy (non-hydrogen) atoms. The van der Waals surface area contributed by atoms with E-state index in [-0.39, 0.29) is 11.3 Å². The van der Waals surface area contributed by atoms with E-state index in [9.17, 15) is 9.18 Å². The number of hydrogen-bond acceptors (Lipinski definition) is 6. The molecule has 0 aliphatic heterocycles. The minimum atomic E-state index is -0.396. The topological polar surface area (TPSA) is 53.4 Å². The van der Waals surface area contributed by atoms with Crippen molar-refractivity contribution < 1.29 is 13.9 Å². The van der Waals surface area contributed by atoms with Crippen molar-refractivity contribution in [2.24, 2.45) is 0 Å². The lowest BCUT2D eigenvalue weighted by Crippen LogP contribution is -2.23. The van der Waals surface area contributed by atoms with E-state index < -0.39 is 5.82 Å². The highest BCUT2D eigenvalue weighted by Crippen LogP contribution is 2.28. The van der Waals surface area contributed by atoms with Crippen LogP contribution in [-0.2, 0) is 23.5 Å². The zero-order valence-corrected chi connectivity index (χ0v) is 17.8. The molecule has 0 aliphatic carbocycles. The molecule has 0 unspecified atom stereocenters. The summed E-state index contributed by atoms with van der Waals surface area (Å²) >= 11 is 2.99. The second kappa shape index (κ2) is 9.54. The normalized spacial score (nSPS) is 11.3. The molecule has 0 atom stereocenters. The highest BCUT2D eigenvalue weighted by Gasteiger charge is 2.15. The second-order valence-electron chi connectivity index (χ2n) is 6.24. The number of nitrogens with zero attached hydrogens (tertiary/aromatic N) is 2. The molecular formula is C20H23FN2O3S2. The average Bonchev–Trinajstić information content (AvgIpc) is 3.12. The number of aryl methyl sites for hydroxylation is 1. The minimum Gasteiger partial charge on any atom is -0.494 e. The number of hydrogen-bond donors (Lipinski definition) is 0. The van der Waals surface area contributed by atoms with Crippen molar-refractivity contribution in [3.05, 3.63) is 50.9 Å². The predicted molar refractivity (Wildman–Crippen MR) is 112 cm³/mol. The number of aromatic nitrogens is 2. The molecule has 2 heterocycles. The summed E-state index contributed by atoms with van der Waals surface area (Å²) in [6, 6.07) is 6.83. The van der Waals surface area contributed by atoms with Gasteiger partial charge in [-0.05, 0) is 36.6 Å². The number of halogens is 1. The number of benzene rings is 1. The van der Waals surface area contributed by atoms with E-state index in [2.05, 4.69) is 6.92 Å². The maximum Gasteiger partial charge on any atom is 0.262 e. The van der Waals surface area contributed by atoms with E-state index in [0.717, 1.165) is 28.1 Å². The van der Waals surface area contributed by atoms with Crippen molar-refractivity contribution in [2.75, 3.05) is 20.8 Å². The third kappa shape index (κ3) is 4.56. The molecule has 0 amide bonds. The molecule has 2 aromatic heterocycles. The zero-order chi connectivity index (χ0) is 20.1. The Morgan fingerprint density at radius 2 is 2.11 bits per heavy atom. The molecule has 0 bridgehead atoms. The quantitative estimate of drug-likeness (QED) is 0.289. The Morgan fingerprint density at radius 3 is 2.79 bits per heavy atom. The third-order valence-corrected chi connectivity index (χ3v) is 6.55. The molecule has 0 saturated heterocycles. The van der Waals surface area contributed by atoms with Crippen molar-refractivity contribution in [1.29, 1.82) is 0 Å². The van der Waals surface area contributed by atoms with Crippen molar-refractivity contribution >= 4 is 33.3 Å². The summed E-state index contributed by atoms with van der Waals surface area (Å²) in [6.45, 7) is 3.17. The Kier molecular flexibility index (Phi) is 7.09. The molecule has 0 aliphatic rings. The van der Waals surface area contributed by atoms with Gasteiger partial charge < -0.3 is 9.47 Å². The van der Waals surface area contributed by atoms with Crippen LogP contribution in [0.5, 0.6) is 5.75 Å². The van der Waals surface area contributed by atoms with Gasteiger partial charge in [0.05, 0.1) is 12.5 Å². The van der Waals surface area contributed by atoms with E-state index >= 15 is 0 Å². The molecule has 5 nitrogen and oxygen atoms in total. The lowest BCUT2D eigenvalue weighted by Gasteiger charge is -2.12. The fourth-order valence-corrected chi connectivity index (χ4v) is 4.82. The van der Waals surface area contributed by atoms with Crippen molar-refractivity contribution in [3.8, 4) is 5.75 Å². The Hall–Kier alpha value is -1.90. The van der Waals surface area contributed by atoms with Crippen LogP contribution in [0.15, 0.2) is 34.2 Å². The highest BCUT2D eigenvalue weighted by molar-refractivity contribution is 7.98. The van der Waals surface area contributed by atoms with Crippen LogP contribution >= 0.6 is 23.1 Å². The summed E-state index contributed by atoms with van der Waals surface area (Å²) in [4.78, 5) is 19.7. The largest absolute Gasteiger partial charge is 0.494 e. The van der Waals surface area contributed by atoms with Gasteiger partial charge in [0.2, 0.25) is 0 Å². The van der Waals surface area contributed by atoms with Gasteiger partial charge >= 0.3 is 0 Å². The third-order valence-electron chi connectivity index (χ3n) is 4.33. The molecular weight excluding hydrogens is 399 g/mol. The van der Waals surface area contributed by atoms with Gasteiger partial charge in [-0.1, -0.05) is 24.8 Å². The molecule has 3 aromatic rings. The van der Waals surface area contributed by atoms with E-state index in [1.54, 1.807) is 29.1 Å². The predicted octanol–water partition coefficient (Wildman–Crippen LogP) is 4.50. The molecule has 0 N–H and O–H groups in total. The number of thioether (sulfide) groups is 1.